The topological polar surface area (TPSA) is 47.3 Å². The number of hydrogen-bond acceptors (Lipinski definition) is 3. The molecule has 0 aliphatic rings. The number of methoxy groups -OCH3 is 1. The highest BCUT2D eigenvalue weighted by atomic mass is 16.5. The molecule has 0 bridgehead atoms. The maximum absolute atomic E-state index is 9.14. The lowest BCUT2D eigenvalue weighted by Gasteiger charge is -2.13. The molecule has 1 rings (SSSR count). The summed E-state index contributed by atoms with van der Waals surface area (Å²) in [6.45, 7) is 6.61. The molecule has 80 valence electrons. The van der Waals surface area contributed by atoms with Crippen molar-refractivity contribution in [2.75, 3.05) is 13.7 Å². The molecule has 14 heavy (non-hydrogen) atoms. The van der Waals surface area contributed by atoms with Crippen LogP contribution in [0.25, 0.3) is 0 Å². The Morgan fingerprint density at radius 1 is 1.50 bits per heavy atom. The van der Waals surface area contributed by atoms with Crippen LogP contribution in [-0.2, 0) is 11.3 Å². The van der Waals surface area contributed by atoms with Crippen LogP contribution < -0.4 is 0 Å². The highest BCUT2D eigenvalue weighted by Gasteiger charge is 2.14. The Hall–Kier alpha value is -0.870. The number of ether oxygens (including phenoxy) is 1. The number of nitrogens with zero attached hydrogens (tertiary/aromatic N) is 2. The maximum Gasteiger partial charge on any atom is 0.0727 e. The summed E-state index contributed by atoms with van der Waals surface area (Å²) in [7, 11) is 1.68. The van der Waals surface area contributed by atoms with Gasteiger partial charge in [0.2, 0.25) is 0 Å². The van der Waals surface area contributed by atoms with Crippen molar-refractivity contribution in [3.63, 3.8) is 0 Å². The molecule has 1 unspecified atom stereocenters. The predicted molar refractivity (Wildman–Crippen MR) is 54.2 cm³/mol. The van der Waals surface area contributed by atoms with Crippen molar-refractivity contribution in [3.8, 4) is 0 Å². The molecule has 0 aliphatic carbocycles. The minimum absolute atomic E-state index is 0.0529. The molecule has 0 saturated heterocycles. The van der Waals surface area contributed by atoms with E-state index in [2.05, 4.69) is 5.10 Å². The lowest BCUT2D eigenvalue weighted by Crippen LogP contribution is -2.14. The van der Waals surface area contributed by atoms with Gasteiger partial charge in [-0.3, -0.25) is 4.68 Å². The van der Waals surface area contributed by atoms with Crippen LogP contribution in [0.2, 0.25) is 0 Å². The van der Waals surface area contributed by atoms with Gasteiger partial charge in [-0.2, -0.15) is 5.10 Å². The number of aromatic nitrogens is 2. The van der Waals surface area contributed by atoms with E-state index in [1.165, 1.54) is 0 Å². The number of aliphatic hydroxyl groups excluding tert-OH is 1. The van der Waals surface area contributed by atoms with Crippen molar-refractivity contribution < 1.29 is 9.84 Å². The van der Waals surface area contributed by atoms with Gasteiger partial charge in [0, 0.05) is 18.4 Å². The van der Waals surface area contributed by atoms with E-state index < -0.39 is 0 Å². The van der Waals surface area contributed by atoms with Crippen LogP contribution in [0.5, 0.6) is 0 Å². The van der Waals surface area contributed by atoms with E-state index in [1.807, 2.05) is 25.5 Å². The Morgan fingerprint density at radius 3 is 2.57 bits per heavy atom. The summed E-state index contributed by atoms with van der Waals surface area (Å²) in [6.07, 6.45) is 0. The van der Waals surface area contributed by atoms with Crippen molar-refractivity contribution in [1.29, 1.82) is 0 Å². The van der Waals surface area contributed by atoms with Crippen LogP contribution in [-0.4, -0.2) is 28.6 Å². The van der Waals surface area contributed by atoms with Crippen LogP contribution in [0, 0.1) is 13.8 Å². The van der Waals surface area contributed by atoms with Crippen LogP contribution in [0.4, 0.5) is 0 Å². The quantitative estimate of drug-likeness (QED) is 0.790. The number of aryl methyl sites for hydroxylation is 1. The second-order valence-electron chi connectivity index (χ2n) is 3.56. The molecule has 0 amide bonds. The molecular weight excluding hydrogens is 180 g/mol. The molecule has 0 aliphatic heterocycles. The molecule has 4 nitrogen and oxygen atoms in total. The smallest absolute Gasteiger partial charge is 0.0727 e. The maximum atomic E-state index is 9.14. The first-order chi connectivity index (χ1) is 6.61. The van der Waals surface area contributed by atoms with Gasteiger partial charge in [-0.25, -0.2) is 0 Å². The molecule has 1 N–H and O–H groups in total. The Morgan fingerprint density at radius 2 is 2.14 bits per heavy atom. The third-order valence-corrected chi connectivity index (χ3v) is 2.46. The van der Waals surface area contributed by atoms with Gasteiger partial charge in [0.15, 0.2) is 0 Å². The van der Waals surface area contributed by atoms with Gasteiger partial charge in [0.25, 0.3) is 0 Å². The van der Waals surface area contributed by atoms with Crippen molar-refractivity contribution in [2.24, 2.45) is 0 Å². The zero-order valence-corrected chi connectivity index (χ0v) is 9.24. The lowest BCUT2D eigenvalue weighted by molar-refractivity contribution is 0.155. The number of aliphatic hydroxyl groups is 1. The zero-order chi connectivity index (χ0) is 10.7. The summed E-state index contributed by atoms with van der Waals surface area (Å²) in [6, 6.07) is 0.207. The molecule has 0 aromatic carbocycles. The van der Waals surface area contributed by atoms with Crippen molar-refractivity contribution >= 4 is 0 Å². The van der Waals surface area contributed by atoms with Gasteiger partial charge in [0.05, 0.1) is 24.9 Å². The van der Waals surface area contributed by atoms with E-state index in [0.29, 0.717) is 6.61 Å². The Bertz CT molecular complexity index is 307. The van der Waals surface area contributed by atoms with Gasteiger partial charge in [0.1, 0.15) is 0 Å². The van der Waals surface area contributed by atoms with Gasteiger partial charge in [-0.15, -0.1) is 0 Å². The standard InChI is InChI=1S/C10H18N2O2/c1-7(6-14-4)12-9(3)10(5-13)8(2)11-12/h7,13H,5-6H2,1-4H3. The van der Waals surface area contributed by atoms with E-state index in [-0.39, 0.29) is 12.6 Å². The number of rotatable bonds is 4. The fourth-order valence-electron chi connectivity index (χ4n) is 1.67. The molecule has 1 heterocycles. The average Bonchev–Trinajstić information content (AvgIpc) is 2.42. The monoisotopic (exact) mass is 198 g/mol. The van der Waals surface area contributed by atoms with Gasteiger partial charge < -0.3 is 9.84 Å². The summed E-state index contributed by atoms with van der Waals surface area (Å²) >= 11 is 0. The molecule has 0 spiro atoms. The molecule has 1 aromatic rings. The van der Waals surface area contributed by atoms with E-state index in [9.17, 15) is 0 Å². The largest absolute Gasteiger partial charge is 0.392 e. The normalized spacial score (nSPS) is 13.2. The number of hydrogen-bond donors (Lipinski definition) is 1. The molecule has 0 saturated carbocycles. The van der Waals surface area contributed by atoms with Gasteiger partial charge >= 0.3 is 0 Å². The SMILES string of the molecule is COCC(C)n1nc(C)c(CO)c1C. The molecule has 1 atom stereocenters. The summed E-state index contributed by atoms with van der Waals surface area (Å²) in [5.41, 5.74) is 2.84. The summed E-state index contributed by atoms with van der Waals surface area (Å²) in [4.78, 5) is 0. The summed E-state index contributed by atoms with van der Waals surface area (Å²) in [5, 5.41) is 13.5. The van der Waals surface area contributed by atoms with E-state index in [1.54, 1.807) is 7.11 Å². The summed E-state index contributed by atoms with van der Waals surface area (Å²) in [5.74, 6) is 0. The van der Waals surface area contributed by atoms with Gasteiger partial charge in [-0.05, 0) is 20.8 Å². The first-order valence-corrected chi connectivity index (χ1v) is 4.76. The molecule has 0 radical (unpaired) electrons. The summed E-state index contributed by atoms with van der Waals surface area (Å²) < 4.78 is 6.98. The second kappa shape index (κ2) is 4.57. The molecular formula is C10H18N2O2. The van der Waals surface area contributed by atoms with E-state index in [4.69, 9.17) is 9.84 Å². The van der Waals surface area contributed by atoms with Crippen LogP contribution in [0.15, 0.2) is 0 Å². The first-order valence-electron chi connectivity index (χ1n) is 4.76. The highest BCUT2D eigenvalue weighted by molar-refractivity contribution is 5.23. The second-order valence-corrected chi connectivity index (χ2v) is 3.56. The lowest BCUT2D eigenvalue weighted by atomic mass is 10.2. The third kappa shape index (κ3) is 1.96. The van der Waals surface area contributed by atoms with E-state index >= 15 is 0 Å². The van der Waals surface area contributed by atoms with Crippen LogP contribution >= 0.6 is 0 Å². The van der Waals surface area contributed by atoms with Crippen molar-refractivity contribution in [3.05, 3.63) is 17.0 Å². The first kappa shape index (κ1) is 11.2. The minimum Gasteiger partial charge on any atom is -0.392 e. The zero-order valence-electron chi connectivity index (χ0n) is 9.24. The Kier molecular flexibility index (Phi) is 3.66. The molecule has 4 heteroatoms. The Balaban J connectivity index is 2.98. The minimum atomic E-state index is 0.0529. The highest BCUT2D eigenvalue weighted by Crippen LogP contribution is 2.17. The predicted octanol–water partition coefficient (Wildman–Crippen LogP) is 1.20. The third-order valence-electron chi connectivity index (χ3n) is 2.46. The average molecular weight is 198 g/mol. The van der Waals surface area contributed by atoms with Crippen LogP contribution in [0.1, 0.15) is 29.9 Å². The fourth-order valence-corrected chi connectivity index (χ4v) is 1.67. The Labute approximate surface area is 84.5 Å². The van der Waals surface area contributed by atoms with Crippen molar-refractivity contribution in [1.82, 2.24) is 9.78 Å². The van der Waals surface area contributed by atoms with Crippen LogP contribution in [0.3, 0.4) is 0 Å². The fraction of sp³-hybridized carbons (Fsp3) is 0.700. The van der Waals surface area contributed by atoms with Gasteiger partial charge in [-0.1, -0.05) is 0 Å². The molecule has 1 aromatic heterocycles. The van der Waals surface area contributed by atoms with Crippen molar-refractivity contribution in [2.45, 2.75) is 33.4 Å². The van der Waals surface area contributed by atoms with E-state index in [0.717, 1.165) is 17.0 Å². The molecule has 0 fully saturated rings.